The highest BCUT2D eigenvalue weighted by Gasteiger charge is 2.29. The molecular formula is C25H24F3N3O5S. The Morgan fingerprint density at radius 1 is 1.19 bits per heavy atom. The smallest absolute Gasteiger partial charge is 0.419 e. The van der Waals surface area contributed by atoms with Crippen LogP contribution in [0.4, 0.5) is 35.0 Å². The second-order valence-corrected chi connectivity index (χ2v) is 8.60. The second kappa shape index (κ2) is 11.9. The van der Waals surface area contributed by atoms with Crippen molar-refractivity contribution in [3.63, 3.8) is 0 Å². The van der Waals surface area contributed by atoms with Crippen LogP contribution < -0.4 is 21.0 Å². The van der Waals surface area contributed by atoms with Crippen molar-refractivity contribution in [1.29, 1.82) is 0 Å². The van der Waals surface area contributed by atoms with Gasteiger partial charge in [0.1, 0.15) is 16.6 Å². The minimum atomic E-state index is -2.87. The Morgan fingerprint density at radius 3 is 2.51 bits per heavy atom. The lowest BCUT2D eigenvalue weighted by Gasteiger charge is -2.14. The van der Waals surface area contributed by atoms with Crippen LogP contribution in [0.25, 0.3) is 0 Å². The van der Waals surface area contributed by atoms with Crippen molar-refractivity contribution in [2.45, 2.75) is 33.1 Å². The molecule has 1 saturated heterocycles. The molecule has 1 heterocycles. The number of carbonyl (C=O) groups excluding carboxylic acids is 2. The van der Waals surface area contributed by atoms with Crippen LogP contribution in [0.2, 0.25) is 0 Å². The van der Waals surface area contributed by atoms with Crippen molar-refractivity contribution in [1.82, 2.24) is 5.32 Å². The largest absolute Gasteiger partial charge is 0.462 e. The fourth-order valence-corrected chi connectivity index (χ4v) is 3.50. The fourth-order valence-electron chi connectivity index (χ4n) is 3.44. The summed E-state index contributed by atoms with van der Waals surface area (Å²) in [6.07, 6.45) is -2.66. The maximum atomic E-state index is 15.0. The first-order chi connectivity index (χ1) is 17.5. The molecule has 0 spiro atoms. The molecule has 0 radical (unpaired) electrons. The molecule has 12 heteroatoms. The minimum absolute atomic E-state index is 0.0155. The number of esters is 1. The molecule has 0 atom stereocenters. The van der Waals surface area contributed by atoms with Gasteiger partial charge in [-0.2, -0.15) is 0 Å². The quantitative estimate of drug-likeness (QED) is 0.351. The third-order valence-corrected chi connectivity index (χ3v) is 5.55. The number of carbonyl (C=O) groups is 2. The highest BCUT2D eigenvalue weighted by molar-refractivity contribution is 7.80. The summed E-state index contributed by atoms with van der Waals surface area (Å²) in [5, 5.41) is 4.90. The molecule has 0 unspecified atom stereocenters. The first kappa shape index (κ1) is 27.7. The highest BCUT2D eigenvalue weighted by Crippen LogP contribution is 2.28. The van der Waals surface area contributed by atoms with E-state index in [1.165, 1.54) is 30.3 Å². The monoisotopic (exact) mass is 535 g/mol. The molecule has 196 valence electrons. The molecule has 1 fully saturated rings. The van der Waals surface area contributed by atoms with Gasteiger partial charge in [-0.1, -0.05) is 26.1 Å². The van der Waals surface area contributed by atoms with E-state index in [-0.39, 0.29) is 47.5 Å². The molecule has 2 N–H and O–H groups in total. The van der Waals surface area contributed by atoms with Gasteiger partial charge in [-0.25, -0.2) is 22.8 Å². The molecule has 0 aliphatic carbocycles. The summed E-state index contributed by atoms with van der Waals surface area (Å²) < 4.78 is 50.0. The number of hydrogen-bond donors (Lipinski definition) is 2. The number of anilines is 3. The lowest BCUT2D eigenvalue weighted by molar-refractivity contribution is 0.0524. The lowest BCUT2D eigenvalue weighted by Crippen LogP contribution is -2.24. The predicted molar refractivity (Wildman–Crippen MR) is 136 cm³/mol. The van der Waals surface area contributed by atoms with Crippen molar-refractivity contribution >= 4 is 46.3 Å². The van der Waals surface area contributed by atoms with Crippen molar-refractivity contribution in [2.75, 3.05) is 23.4 Å². The van der Waals surface area contributed by atoms with Gasteiger partial charge in [0, 0.05) is 6.20 Å². The van der Waals surface area contributed by atoms with E-state index in [0.717, 1.165) is 17.2 Å². The zero-order valence-corrected chi connectivity index (χ0v) is 21.0. The van der Waals surface area contributed by atoms with Gasteiger partial charge in [-0.15, -0.1) is 0 Å². The van der Waals surface area contributed by atoms with E-state index >= 15 is 0 Å². The zero-order valence-electron chi connectivity index (χ0n) is 20.1. The Kier molecular flexibility index (Phi) is 8.87. The Bertz CT molecular complexity index is 1320. The molecule has 3 rings (SSSR count). The Morgan fingerprint density at radius 2 is 1.89 bits per heavy atom. The number of alkyl halides is 2. The first-order valence-corrected chi connectivity index (χ1v) is 11.6. The summed E-state index contributed by atoms with van der Waals surface area (Å²) in [7, 11) is 0. The van der Waals surface area contributed by atoms with E-state index in [2.05, 4.69) is 22.9 Å². The summed E-state index contributed by atoms with van der Waals surface area (Å²) in [5.74, 6) is -1.48. The number of nitrogens with one attached hydrogen (secondary N) is 2. The van der Waals surface area contributed by atoms with E-state index in [1.54, 1.807) is 6.92 Å². The molecular weight excluding hydrogens is 511 g/mol. The van der Waals surface area contributed by atoms with Gasteiger partial charge in [-0.3, -0.25) is 9.69 Å². The van der Waals surface area contributed by atoms with Gasteiger partial charge < -0.3 is 20.1 Å². The number of amides is 1. The average Bonchev–Trinajstić information content (AvgIpc) is 3.13. The Hall–Kier alpha value is -3.93. The van der Waals surface area contributed by atoms with Crippen LogP contribution in [0.1, 0.15) is 42.6 Å². The number of ether oxygens (including phenoxy) is 2. The molecule has 1 aliphatic heterocycles. The summed E-state index contributed by atoms with van der Waals surface area (Å²) >= 11 is 4.46. The number of halogens is 3. The standard InChI is InChI=1S/C25H24F3N3O5S/c1-4-35-24(33)16-6-8-20(21(32)10-17(16)13(2)3)30-19-7-5-14(9-18(19)26)31-12-15(36-25(31)34)11-29-23(37)22(27)28/h5-11,13,22H,4,12H2,1-3H3,(H,29,37)(H,30,32)/b15-11-. The van der Waals surface area contributed by atoms with Crippen LogP contribution in [0, 0.1) is 5.82 Å². The van der Waals surface area contributed by atoms with E-state index in [0.29, 0.717) is 5.56 Å². The summed E-state index contributed by atoms with van der Waals surface area (Å²) in [6.45, 7) is 5.36. The van der Waals surface area contributed by atoms with Crippen LogP contribution in [-0.4, -0.2) is 36.6 Å². The van der Waals surface area contributed by atoms with Crippen molar-refractivity contribution in [3.8, 4) is 0 Å². The number of rotatable bonds is 8. The molecule has 0 bridgehead atoms. The molecule has 0 aromatic heterocycles. The molecule has 1 aliphatic rings. The van der Waals surface area contributed by atoms with Gasteiger partial charge in [-0.05, 0) is 54.8 Å². The van der Waals surface area contributed by atoms with Gasteiger partial charge in [0.15, 0.2) is 0 Å². The van der Waals surface area contributed by atoms with Crippen LogP contribution in [0.5, 0.6) is 0 Å². The molecule has 8 nitrogen and oxygen atoms in total. The van der Waals surface area contributed by atoms with Crippen LogP contribution in [0.3, 0.4) is 0 Å². The number of nitrogens with zero attached hydrogens (tertiary/aromatic N) is 1. The third-order valence-electron chi connectivity index (χ3n) is 5.26. The van der Waals surface area contributed by atoms with E-state index < -0.39 is 34.7 Å². The lowest BCUT2D eigenvalue weighted by atomic mass is 10.00. The minimum Gasteiger partial charge on any atom is -0.462 e. The summed E-state index contributed by atoms with van der Waals surface area (Å²) in [4.78, 5) is 37.7. The normalized spacial score (nSPS) is 14.2. The van der Waals surface area contributed by atoms with Crippen LogP contribution in [-0.2, 0) is 9.47 Å². The SMILES string of the molecule is CCOC(=O)c1ccc(Nc2ccc(N3C/C(=C/NC(=S)C(F)F)OC3=O)cc2F)c(=O)cc1C(C)C. The van der Waals surface area contributed by atoms with Crippen molar-refractivity contribution in [2.24, 2.45) is 0 Å². The number of benzene rings is 1. The summed E-state index contributed by atoms with van der Waals surface area (Å²) in [5.41, 5.74) is 0.375. The molecule has 0 saturated carbocycles. The molecule has 37 heavy (non-hydrogen) atoms. The number of hydrogen-bond acceptors (Lipinski definition) is 7. The van der Waals surface area contributed by atoms with E-state index in [1.807, 2.05) is 13.8 Å². The predicted octanol–water partition coefficient (Wildman–Crippen LogP) is 5.21. The van der Waals surface area contributed by atoms with E-state index in [9.17, 15) is 27.6 Å². The zero-order chi connectivity index (χ0) is 27.3. The van der Waals surface area contributed by atoms with Gasteiger partial charge in [0.25, 0.3) is 6.43 Å². The van der Waals surface area contributed by atoms with Crippen LogP contribution in [0.15, 0.2) is 53.2 Å². The van der Waals surface area contributed by atoms with Gasteiger partial charge in [0.2, 0.25) is 5.43 Å². The average molecular weight is 536 g/mol. The van der Waals surface area contributed by atoms with Gasteiger partial charge in [0.05, 0.1) is 35.8 Å². The van der Waals surface area contributed by atoms with Gasteiger partial charge >= 0.3 is 12.1 Å². The molecule has 2 aromatic carbocycles. The Labute approximate surface area is 216 Å². The van der Waals surface area contributed by atoms with Crippen molar-refractivity contribution < 1.29 is 32.2 Å². The van der Waals surface area contributed by atoms with Crippen LogP contribution >= 0.6 is 12.2 Å². The van der Waals surface area contributed by atoms with E-state index in [4.69, 9.17) is 9.47 Å². The third kappa shape index (κ3) is 6.64. The molecule has 1 amide bonds. The second-order valence-electron chi connectivity index (χ2n) is 8.16. The summed E-state index contributed by atoms with van der Waals surface area (Å²) in [6, 6.07) is 7.94. The maximum Gasteiger partial charge on any atom is 0.419 e. The highest BCUT2D eigenvalue weighted by atomic mass is 32.1. The van der Waals surface area contributed by atoms with Crippen molar-refractivity contribution in [3.05, 3.63) is 75.5 Å². The maximum absolute atomic E-state index is 15.0. The number of thiocarbonyl (C=S) groups is 1. The number of cyclic esters (lactones) is 1. The molecule has 2 aromatic rings. The topological polar surface area (TPSA) is 97.0 Å². The fraction of sp³-hybridized carbons (Fsp3) is 0.280. The first-order valence-electron chi connectivity index (χ1n) is 11.2. The Balaban J connectivity index is 1.84.